The molecule has 1 heterocycles. The fourth-order valence-electron chi connectivity index (χ4n) is 2.35. The molecule has 0 fully saturated rings. The van der Waals surface area contributed by atoms with Crippen LogP contribution in [0.3, 0.4) is 0 Å². The molecule has 2 aromatic rings. The molecule has 0 spiro atoms. The summed E-state index contributed by atoms with van der Waals surface area (Å²) < 4.78 is 0. The second-order valence-electron chi connectivity index (χ2n) is 4.86. The van der Waals surface area contributed by atoms with Crippen LogP contribution in [-0.2, 0) is 4.79 Å². The van der Waals surface area contributed by atoms with Crippen LogP contribution in [0, 0.1) is 0 Å². The highest BCUT2D eigenvalue weighted by Gasteiger charge is 2.18. The Bertz CT molecular complexity index is 714. The SMILES string of the molecule is O=C1CN=C(c2ccccc2)c2cc(SCCO)ccc2N1. The van der Waals surface area contributed by atoms with Gasteiger partial charge in [-0.1, -0.05) is 30.3 Å². The van der Waals surface area contributed by atoms with E-state index in [-0.39, 0.29) is 19.1 Å². The van der Waals surface area contributed by atoms with Gasteiger partial charge in [-0.3, -0.25) is 9.79 Å². The van der Waals surface area contributed by atoms with Crippen LogP contribution in [0.25, 0.3) is 0 Å². The van der Waals surface area contributed by atoms with Gasteiger partial charge >= 0.3 is 0 Å². The number of benzene rings is 2. The maximum absolute atomic E-state index is 11.8. The highest BCUT2D eigenvalue weighted by Crippen LogP contribution is 2.28. The molecule has 0 atom stereocenters. The Morgan fingerprint density at radius 1 is 1.18 bits per heavy atom. The third kappa shape index (κ3) is 3.21. The van der Waals surface area contributed by atoms with Crippen LogP contribution in [0.4, 0.5) is 5.69 Å². The van der Waals surface area contributed by atoms with Gasteiger partial charge in [0.25, 0.3) is 0 Å². The van der Waals surface area contributed by atoms with E-state index in [4.69, 9.17) is 5.11 Å². The third-order valence-corrected chi connectivity index (χ3v) is 4.28. The lowest BCUT2D eigenvalue weighted by Gasteiger charge is -2.12. The van der Waals surface area contributed by atoms with Crippen LogP contribution < -0.4 is 5.32 Å². The van der Waals surface area contributed by atoms with Crippen LogP contribution in [0.1, 0.15) is 11.1 Å². The first-order valence-corrected chi connectivity index (χ1v) is 8.04. The van der Waals surface area contributed by atoms with E-state index in [1.807, 2.05) is 48.5 Å². The summed E-state index contributed by atoms with van der Waals surface area (Å²) in [5.41, 5.74) is 3.50. The lowest BCUT2D eigenvalue weighted by atomic mass is 10.0. The molecule has 4 nitrogen and oxygen atoms in total. The van der Waals surface area contributed by atoms with Crippen molar-refractivity contribution in [3.63, 3.8) is 0 Å². The summed E-state index contributed by atoms with van der Waals surface area (Å²) in [5.74, 6) is 0.533. The zero-order valence-electron chi connectivity index (χ0n) is 12.0. The monoisotopic (exact) mass is 312 g/mol. The van der Waals surface area contributed by atoms with Crippen molar-refractivity contribution < 1.29 is 9.90 Å². The van der Waals surface area contributed by atoms with E-state index >= 15 is 0 Å². The zero-order chi connectivity index (χ0) is 15.4. The first-order chi connectivity index (χ1) is 10.8. The number of aliphatic hydroxyl groups is 1. The Labute approximate surface area is 133 Å². The first-order valence-electron chi connectivity index (χ1n) is 7.06. The Balaban J connectivity index is 2.06. The number of hydrogen-bond donors (Lipinski definition) is 2. The molecule has 2 N–H and O–H groups in total. The molecule has 1 aliphatic heterocycles. The summed E-state index contributed by atoms with van der Waals surface area (Å²) in [7, 11) is 0. The van der Waals surface area contributed by atoms with Gasteiger partial charge in [-0.05, 0) is 18.2 Å². The second-order valence-corrected chi connectivity index (χ2v) is 6.03. The van der Waals surface area contributed by atoms with Gasteiger partial charge < -0.3 is 10.4 Å². The topological polar surface area (TPSA) is 61.7 Å². The summed E-state index contributed by atoms with van der Waals surface area (Å²) in [5, 5.41) is 11.9. The number of carbonyl (C=O) groups is 1. The van der Waals surface area contributed by atoms with Gasteiger partial charge in [0, 0.05) is 21.8 Å². The summed E-state index contributed by atoms with van der Waals surface area (Å²) in [4.78, 5) is 17.4. The van der Waals surface area contributed by atoms with Gasteiger partial charge in [0.05, 0.1) is 18.0 Å². The Morgan fingerprint density at radius 3 is 2.77 bits per heavy atom. The van der Waals surface area contributed by atoms with Crippen molar-refractivity contribution >= 4 is 29.1 Å². The van der Waals surface area contributed by atoms with E-state index in [0.29, 0.717) is 5.75 Å². The molecule has 0 unspecified atom stereocenters. The standard InChI is InChI=1S/C17H16N2O2S/c20-8-9-22-13-6-7-15-14(10-13)17(18-11-16(21)19-15)12-4-2-1-3-5-12/h1-7,10,20H,8-9,11H2,(H,19,21). The van der Waals surface area contributed by atoms with Gasteiger partial charge in [-0.25, -0.2) is 0 Å². The molecule has 0 aliphatic carbocycles. The number of carbonyl (C=O) groups excluding carboxylic acids is 1. The minimum atomic E-state index is -0.108. The van der Waals surface area contributed by atoms with E-state index in [0.717, 1.165) is 27.4 Å². The zero-order valence-corrected chi connectivity index (χ0v) is 12.8. The van der Waals surface area contributed by atoms with Crippen LogP contribution in [0.15, 0.2) is 58.4 Å². The minimum Gasteiger partial charge on any atom is -0.396 e. The minimum absolute atomic E-state index is 0.108. The summed E-state index contributed by atoms with van der Waals surface area (Å²) in [6.45, 7) is 0.260. The lowest BCUT2D eigenvalue weighted by molar-refractivity contribution is -0.114. The molecule has 0 saturated carbocycles. The maximum atomic E-state index is 11.8. The average molecular weight is 312 g/mol. The van der Waals surface area contributed by atoms with Gasteiger partial charge in [-0.2, -0.15) is 0 Å². The van der Waals surface area contributed by atoms with E-state index < -0.39 is 0 Å². The van der Waals surface area contributed by atoms with Gasteiger partial charge in [0.2, 0.25) is 5.91 Å². The smallest absolute Gasteiger partial charge is 0.246 e. The van der Waals surface area contributed by atoms with Crippen molar-refractivity contribution in [1.29, 1.82) is 0 Å². The van der Waals surface area contributed by atoms with E-state index in [1.54, 1.807) is 11.8 Å². The van der Waals surface area contributed by atoms with Crippen molar-refractivity contribution in [2.24, 2.45) is 4.99 Å². The normalized spacial score (nSPS) is 13.9. The van der Waals surface area contributed by atoms with Crippen LogP contribution in [0.2, 0.25) is 0 Å². The molecular weight excluding hydrogens is 296 g/mol. The third-order valence-electron chi connectivity index (χ3n) is 3.31. The largest absolute Gasteiger partial charge is 0.396 e. The van der Waals surface area contributed by atoms with Crippen molar-refractivity contribution in [2.45, 2.75) is 4.90 Å². The summed E-state index contributed by atoms with van der Waals surface area (Å²) >= 11 is 1.58. The fourth-order valence-corrected chi connectivity index (χ4v) is 3.04. The van der Waals surface area contributed by atoms with E-state index in [2.05, 4.69) is 10.3 Å². The van der Waals surface area contributed by atoms with E-state index in [9.17, 15) is 4.79 Å². The Hall–Kier alpha value is -2.11. The molecule has 1 aliphatic rings. The number of anilines is 1. The van der Waals surface area contributed by atoms with E-state index in [1.165, 1.54) is 0 Å². The van der Waals surface area contributed by atoms with Crippen LogP contribution in [0.5, 0.6) is 0 Å². The van der Waals surface area contributed by atoms with Gasteiger partial charge in [0.15, 0.2) is 0 Å². The molecule has 0 saturated heterocycles. The second kappa shape index (κ2) is 6.77. The highest BCUT2D eigenvalue weighted by molar-refractivity contribution is 7.99. The predicted octanol–water partition coefficient (Wildman–Crippen LogP) is 2.56. The molecule has 2 aromatic carbocycles. The molecule has 1 amide bonds. The summed E-state index contributed by atoms with van der Waals surface area (Å²) in [6.07, 6.45) is 0. The molecule has 3 rings (SSSR count). The number of nitrogens with zero attached hydrogens (tertiary/aromatic N) is 1. The maximum Gasteiger partial charge on any atom is 0.246 e. The van der Waals surface area contributed by atoms with Crippen molar-refractivity contribution in [2.75, 3.05) is 24.2 Å². The van der Waals surface area contributed by atoms with Gasteiger partial charge in [-0.15, -0.1) is 11.8 Å². The summed E-state index contributed by atoms with van der Waals surface area (Å²) in [6, 6.07) is 15.7. The Morgan fingerprint density at radius 2 is 2.00 bits per heavy atom. The van der Waals surface area contributed by atoms with Crippen LogP contribution >= 0.6 is 11.8 Å². The number of fused-ring (bicyclic) bond motifs is 1. The van der Waals surface area contributed by atoms with Crippen LogP contribution in [-0.4, -0.2) is 35.6 Å². The number of aliphatic hydroxyl groups excluding tert-OH is 1. The molecule has 0 bridgehead atoms. The number of nitrogens with one attached hydrogen (secondary N) is 1. The van der Waals surface area contributed by atoms with Crippen molar-refractivity contribution in [3.05, 3.63) is 59.7 Å². The fraction of sp³-hybridized carbons (Fsp3) is 0.176. The van der Waals surface area contributed by atoms with Crippen molar-refractivity contribution in [3.8, 4) is 0 Å². The van der Waals surface area contributed by atoms with Crippen molar-refractivity contribution in [1.82, 2.24) is 0 Å². The predicted molar refractivity (Wildman–Crippen MR) is 89.8 cm³/mol. The molecule has 5 heteroatoms. The average Bonchev–Trinajstić information content (AvgIpc) is 2.71. The number of rotatable bonds is 4. The molecule has 22 heavy (non-hydrogen) atoms. The highest BCUT2D eigenvalue weighted by atomic mass is 32.2. The molecular formula is C17H16N2O2S. The number of thioether (sulfide) groups is 1. The number of aliphatic imine (C=N–C) groups is 1. The number of amides is 1. The lowest BCUT2D eigenvalue weighted by Crippen LogP contribution is -2.13. The number of benzodiazepines with no additional fused rings is 1. The van der Waals surface area contributed by atoms with Gasteiger partial charge in [0.1, 0.15) is 6.54 Å². The molecule has 0 radical (unpaired) electrons. The molecule has 0 aromatic heterocycles. The first kappa shape index (κ1) is 14.8. The number of hydrogen-bond acceptors (Lipinski definition) is 4. The Kier molecular flexibility index (Phi) is 4.56. The quantitative estimate of drug-likeness (QED) is 0.853. The molecule has 112 valence electrons.